The van der Waals surface area contributed by atoms with Gasteiger partial charge in [-0.15, -0.1) is 0 Å². The van der Waals surface area contributed by atoms with Crippen molar-refractivity contribution in [2.24, 2.45) is 4.99 Å². The normalized spacial score (nSPS) is 12.3. The number of nitrogens with one attached hydrogen (secondary N) is 2. The van der Waals surface area contributed by atoms with Gasteiger partial charge >= 0.3 is 0 Å². The summed E-state index contributed by atoms with van der Waals surface area (Å²) in [4.78, 5) is 18.2. The van der Waals surface area contributed by atoms with Gasteiger partial charge in [0.2, 0.25) is 5.91 Å². The highest BCUT2D eigenvalue weighted by Crippen LogP contribution is 2.21. The molecule has 0 heterocycles. The molecule has 0 aliphatic rings. The number of carbonyl (C=O) groups excluding carboxylic acids is 1. The highest BCUT2D eigenvalue weighted by molar-refractivity contribution is 5.81. The van der Waals surface area contributed by atoms with Crippen LogP contribution in [0.2, 0.25) is 0 Å². The summed E-state index contributed by atoms with van der Waals surface area (Å²) in [6, 6.07) is 21.0. The average Bonchev–Trinajstić information content (AvgIpc) is 2.72. The summed E-state index contributed by atoms with van der Waals surface area (Å²) in [6.07, 6.45) is 1.39. The maximum absolute atomic E-state index is 11.8. The minimum atomic E-state index is 0.106. The van der Waals surface area contributed by atoms with Gasteiger partial charge in [0, 0.05) is 46.1 Å². The molecule has 0 radical (unpaired) electrons. The summed E-state index contributed by atoms with van der Waals surface area (Å²) in [5, 5.41) is 6.54. The third kappa shape index (κ3) is 7.43. The molecule has 5 heteroatoms. The standard InChI is InChI=1S/C23H32N4O/c1-4-24-23(25-16-15-22(28)27(2)3)26-18-21(20-13-9-6-10-14-20)17-19-11-7-5-8-12-19/h5-14,21H,4,15-18H2,1-3H3,(H2,24,25,26). The van der Waals surface area contributed by atoms with E-state index < -0.39 is 0 Å². The van der Waals surface area contributed by atoms with Crippen molar-refractivity contribution in [2.75, 3.05) is 33.7 Å². The molecule has 2 aromatic rings. The smallest absolute Gasteiger partial charge is 0.223 e. The maximum atomic E-state index is 11.8. The second-order valence-corrected chi connectivity index (χ2v) is 6.98. The first-order valence-electron chi connectivity index (χ1n) is 9.91. The van der Waals surface area contributed by atoms with Crippen LogP contribution in [0.1, 0.15) is 30.4 Å². The van der Waals surface area contributed by atoms with Crippen LogP contribution < -0.4 is 10.6 Å². The first-order chi connectivity index (χ1) is 13.6. The van der Waals surface area contributed by atoms with Crippen molar-refractivity contribution in [1.29, 1.82) is 0 Å². The molecule has 2 aromatic carbocycles. The zero-order valence-electron chi connectivity index (χ0n) is 17.2. The van der Waals surface area contributed by atoms with E-state index in [1.165, 1.54) is 11.1 Å². The van der Waals surface area contributed by atoms with E-state index in [2.05, 4.69) is 59.2 Å². The van der Waals surface area contributed by atoms with Crippen LogP contribution in [0, 0.1) is 0 Å². The van der Waals surface area contributed by atoms with E-state index in [-0.39, 0.29) is 5.91 Å². The Morgan fingerprint density at radius 3 is 2.25 bits per heavy atom. The minimum absolute atomic E-state index is 0.106. The molecular weight excluding hydrogens is 348 g/mol. The van der Waals surface area contributed by atoms with E-state index in [1.54, 1.807) is 19.0 Å². The number of guanidine groups is 1. The molecule has 0 aromatic heterocycles. The molecule has 0 saturated heterocycles. The molecule has 0 bridgehead atoms. The molecule has 0 fully saturated rings. The highest BCUT2D eigenvalue weighted by atomic mass is 16.2. The molecule has 1 amide bonds. The van der Waals surface area contributed by atoms with Crippen LogP contribution in [0.15, 0.2) is 65.7 Å². The molecule has 150 valence electrons. The van der Waals surface area contributed by atoms with Crippen molar-refractivity contribution in [2.45, 2.75) is 25.7 Å². The molecule has 1 atom stereocenters. The second-order valence-electron chi connectivity index (χ2n) is 6.98. The van der Waals surface area contributed by atoms with E-state index >= 15 is 0 Å². The zero-order valence-corrected chi connectivity index (χ0v) is 17.2. The first kappa shape index (κ1) is 21.5. The molecular formula is C23H32N4O. The zero-order chi connectivity index (χ0) is 20.2. The van der Waals surface area contributed by atoms with Crippen LogP contribution in [0.3, 0.4) is 0 Å². The molecule has 28 heavy (non-hydrogen) atoms. The van der Waals surface area contributed by atoms with Crippen molar-refractivity contribution < 1.29 is 4.79 Å². The van der Waals surface area contributed by atoms with Crippen LogP contribution in [-0.2, 0) is 11.2 Å². The number of carbonyl (C=O) groups is 1. The largest absolute Gasteiger partial charge is 0.357 e. The predicted octanol–water partition coefficient (Wildman–Crippen LogP) is 3.05. The van der Waals surface area contributed by atoms with E-state index in [1.807, 2.05) is 19.1 Å². The van der Waals surface area contributed by atoms with Crippen molar-refractivity contribution in [3.63, 3.8) is 0 Å². The van der Waals surface area contributed by atoms with E-state index in [4.69, 9.17) is 4.99 Å². The number of rotatable bonds is 9. The van der Waals surface area contributed by atoms with Gasteiger partial charge < -0.3 is 15.5 Å². The van der Waals surface area contributed by atoms with Gasteiger partial charge in [-0.05, 0) is 24.5 Å². The van der Waals surface area contributed by atoms with Crippen LogP contribution >= 0.6 is 0 Å². The summed E-state index contributed by atoms with van der Waals surface area (Å²) in [5.41, 5.74) is 2.59. The second kappa shape index (κ2) is 11.8. The minimum Gasteiger partial charge on any atom is -0.357 e. The summed E-state index contributed by atoms with van der Waals surface area (Å²) >= 11 is 0. The van der Waals surface area contributed by atoms with Gasteiger partial charge in [-0.1, -0.05) is 60.7 Å². The Hall–Kier alpha value is -2.82. The first-order valence-corrected chi connectivity index (χ1v) is 9.91. The van der Waals surface area contributed by atoms with E-state index in [0.29, 0.717) is 25.4 Å². The molecule has 5 nitrogen and oxygen atoms in total. The van der Waals surface area contributed by atoms with Crippen LogP contribution in [-0.4, -0.2) is 50.5 Å². The van der Waals surface area contributed by atoms with Gasteiger partial charge in [-0.2, -0.15) is 0 Å². The van der Waals surface area contributed by atoms with Crippen LogP contribution in [0.4, 0.5) is 0 Å². The quantitative estimate of drug-likeness (QED) is 0.519. The summed E-state index contributed by atoms with van der Waals surface area (Å²) in [7, 11) is 3.55. The van der Waals surface area contributed by atoms with Gasteiger partial charge in [0.15, 0.2) is 5.96 Å². The Balaban J connectivity index is 2.05. The summed E-state index contributed by atoms with van der Waals surface area (Å²) in [5.74, 6) is 1.15. The van der Waals surface area contributed by atoms with Crippen LogP contribution in [0.25, 0.3) is 0 Å². The fraction of sp³-hybridized carbons (Fsp3) is 0.391. The fourth-order valence-electron chi connectivity index (χ4n) is 2.97. The molecule has 0 saturated carbocycles. The third-order valence-electron chi connectivity index (χ3n) is 4.54. The van der Waals surface area contributed by atoms with Gasteiger partial charge in [0.25, 0.3) is 0 Å². The van der Waals surface area contributed by atoms with Gasteiger partial charge in [0.1, 0.15) is 0 Å². The Morgan fingerprint density at radius 1 is 1.00 bits per heavy atom. The highest BCUT2D eigenvalue weighted by Gasteiger charge is 2.13. The van der Waals surface area contributed by atoms with Gasteiger partial charge in [0.05, 0.1) is 0 Å². The summed E-state index contributed by atoms with van der Waals surface area (Å²) < 4.78 is 0. The number of nitrogens with zero attached hydrogens (tertiary/aromatic N) is 2. The molecule has 1 unspecified atom stereocenters. The van der Waals surface area contributed by atoms with E-state index in [0.717, 1.165) is 18.9 Å². The lowest BCUT2D eigenvalue weighted by Crippen LogP contribution is -2.39. The van der Waals surface area contributed by atoms with Gasteiger partial charge in [-0.3, -0.25) is 9.79 Å². The molecule has 2 N–H and O–H groups in total. The topological polar surface area (TPSA) is 56.7 Å². The number of hydrogen-bond donors (Lipinski definition) is 2. The monoisotopic (exact) mass is 380 g/mol. The number of aliphatic imine (C=N–C) groups is 1. The van der Waals surface area contributed by atoms with E-state index in [9.17, 15) is 4.79 Å². The Bertz CT molecular complexity index is 729. The fourth-order valence-corrected chi connectivity index (χ4v) is 2.97. The Labute approximate surface area is 168 Å². The molecule has 0 spiro atoms. The van der Waals surface area contributed by atoms with Gasteiger partial charge in [-0.25, -0.2) is 0 Å². The number of amides is 1. The Morgan fingerprint density at radius 2 is 1.64 bits per heavy atom. The average molecular weight is 381 g/mol. The van der Waals surface area contributed by atoms with Crippen molar-refractivity contribution in [1.82, 2.24) is 15.5 Å². The summed E-state index contributed by atoms with van der Waals surface area (Å²) in [6.45, 7) is 4.07. The molecule has 0 aliphatic heterocycles. The number of hydrogen-bond acceptors (Lipinski definition) is 2. The third-order valence-corrected chi connectivity index (χ3v) is 4.54. The lowest BCUT2D eigenvalue weighted by molar-refractivity contribution is -0.128. The Kier molecular flexibility index (Phi) is 9.05. The van der Waals surface area contributed by atoms with Crippen LogP contribution in [0.5, 0.6) is 0 Å². The lowest BCUT2D eigenvalue weighted by Gasteiger charge is -2.18. The van der Waals surface area contributed by atoms with Crippen molar-refractivity contribution in [3.8, 4) is 0 Å². The number of benzene rings is 2. The molecule has 2 rings (SSSR count). The lowest BCUT2D eigenvalue weighted by atomic mass is 9.92. The SMILES string of the molecule is CCNC(=NCC(Cc1ccccc1)c1ccccc1)NCCC(=O)N(C)C. The van der Waals surface area contributed by atoms with Crippen molar-refractivity contribution >= 4 is 11.9 Å². The molecule has 0 aliphatic carbocycles. The predicted molar refractivity (Wildman–Crippen MR) is 117 cm³/mol. The van der Waals surface area contributed by atoms with Crippen molar-refractivity contribution in [3.05, 3.63) is 71.8 Å². The maximum Gasteiger partial charge on any atom is 0.223 e.